The van der Waals surface area contributed by atoms with Gasteiger partial charge in [-0.2, -0.15) is 0 Å². The molecule has 0 spiro atoms. The number of benzene rings is 1. The van der Waals surface area contributed by atoms with E-state index in [0.717, 1.165) is 12.8 Å². The molecule has 3 rings (SSSR count). The van der Waals surface area contributed by atoms with E-state index in [1.54, 1.807) is 20.1 Å². The summed E-state index contributed by atoms with van der Waals surface area (Å²) in [5, 5.41) is 3.84. The third-order valence-electron chi connectivity index (χ3n) is 4.44. The highest BCUT2D eigenvalue weighted by atomic mass is 16.5. The molecule has 1 saturated heterocycles. The van der Waals surface area contributed by atoms with E-state index in [-0.39, 0.29) is 17.9 Å². The average Bonchev–Trinajstić information content (AvgIpc) is 3.01. The number of likely N-dealkylation sites (tertiary alicyclic amines) is 1. The molecule has 5 heteroatoms. The monoisotopic (exact) mass is 314 g/mol. The van der Waals surface area contributed by atoms with Gasteiger partial charge in [0.25, 0.3) is 5.91 Å². The normalized spacial score (nSPS) is 21.4. The van der Waals surface area contributed by atoms with Crippen LogP contribution < -0.4 is 0 Å². The lowest BCUT2D eigenvalue weighted by molar-refractivity contribution is -0.00327. The van der Waals surface area contributed by atoms with Crippen LogP contribution in [0, 0.1) is 12.8 Å². The number of carbonyl (C=O) groups excluding carboxylic acids is 1. The number of hydrogen-bond acceptors (Lipinski definition) is 4. The Hall–Kier alpha value is -2.14. The van der Waals surface area contributed by atoms with Gasteiger partial charge in [-0.15, -0.1) is 0 Å². The van der Waals surface area contributed by atoms with Crippen LogP contribution in [0.1, 0.15) is 28.2 Å². The van der Waals surface area contributed by atoms with E-state index >= 15 is 0 Å². The van der Waals surface area contributed by atoms with Crippen molar-refractivity contribution < 1.29 is 14.1 Å². The standard InChI is InChI=1S/C18H22N2O3/c1-13-10-16(19-23-13)18(21)20-9-8-17(22-2)15(12-20)11-14-6-4-3-5-7-14/h3-7,10,15,17H,8-9,11-12H2,1-2H3/t15-,17+/m1/s1. The molecule has 2 heterocycles. The number of ether oxygens (including phenoxy) is 1. The fourth-order valence-electron chi connectivity index (χ4n) is 3.25. The highest BCUT2D eigenvalue weighted by molar-refractivity contribution is 5.92. The van der Waals surface area contributed by atoms with Crippen molar-refractivity contribution in [1.82, 2.24) is 10.1 Å². The van der Waals surface area contributed by atoms with Crippen LogP contribution in [0.4, 0.5) is 0 Å². The second-order valence-corrected chi connectivity index (χ2v) is 6.09. The first-order valence-corrected chi connectivity index (χ1v) is 7.96. The Morgan fingerprint density at radius 1 is 1.39 bits per heavy atom. The predicted molar refractivity (Wildman–Crippen MR) is 86.2 cm³/mol. The summed E-state index contributed by atoms with van der Waals surface area (Å²) in [6.45, 7) is 3.16. The Balaban J connectivity index is 1.71. The van der Waals surface area contributed by atoms with Crippen molar-refractivity contribution in [2.75, 3.05) is 20.2 Å². The van der Waals surface area contributed by atoms with Gasteiger partial charge in [0.2, 0.25) is 0 Å². The number of carbonyl (C=O) groups is 1. The van der Waals surface area contributed by atoms with Crippen LogP contribution in [-0.2, 0) is 11.2 Å². The van der Waals surface area contributed by atoms with Crippen LogP contribution in [0.3, 0.4) is 0 Å². The fraction of sp³-hybridized carbons (Fsp3) is 0.444. The lowest BCUT2D eigenvalue weighted by Crippen LogP contribution is -2.47. The summed E-state index contributed by atoms with van der Waals surface area (Å²) in [4.78, 5) is 14.4. The van der Waals surface area contributed by atoms with Gasteiger partial charge >= 0.3 is 0 Å². The Bertz CT molecular complexity index is 653. The minimum atomic E-state index is -0.0607. The average molecular weight is 314 g/mol. The zero-order chi connectivity index (χ0) is 16.2. The van der Waals surface area contributed by atoms with E-state index in [4.69, 9.17) is 9.26 Å². The summed E-state index contributed by atoms with van der Waals surface area (Å²) in [6.07, 6.45) is 1.93. The van der Waals surface area contributed by atoms with Gasteiger partial charge in [0.15, 0.2) is 5.69 Å². The van der Waals surface area contributed by atoms with Gasteiger partial charge in [-0.25, -0.2) is 0 Å². The maximum Gasteiger partial charge on any atom is 0.276 e. The first-order chi connectivity index (χ1) is 11.2. The van der Waals surface area contributed by atoms with E-state index in [2.05, 4.69) is 17.3 Å². The van der Waals surface area contributed by atoms with Crippen molar-refractivity contribution in [2.45, 2.75) is 25.9 Å². The van der Waals surface area contributed by atoms with Crippen LogP contribution in [0.5, 0.6) is 0 Å². The zero-order valence-corrected chi connectivity index (χ0v) is 13.6. The zero-order valence-electron chi connectivity index (χ0n) is 13.6. The van der Waals surface area contributed by atoms with E-state index in [0.29, 0.717) is 24.5 Å². The molecule has 0 radical (unpaired) electrons. The third kappa shape index (κ3) is 3.62. The Labute approximate surface area is 136 Å². The summed E-state index contributed by atoms with van der Waals surface area (Å²) in [5.74, 6) is 0.878. The molecule has 23 heavy (non-hydrogen) atoms. The Morgan fingerprint density at radius 3 is 2.83 bits per heavy atom. The van der Waals surface area contributed by atoms with Gasteiger partial charge in [-0.1, -0.05) is 35.5 Å². The Kier molecular flexibility index (Phi) is 4.76. The summed E-state index contributed by atoms with van der Waals surface area (Å²) in [6, 6.07) is 12.0. The largest absolute Gasteiger partial charge is 0.381 e. The molecule has 0 bridgehead atoms. The van der Waals surface area contributed by atoms with Crippen LogP contribution in [0.2, 0.25) is 0 Å². The number of piperidine rings is 1. The summed E-state index contributed by atoms with van der Waals surface area (Å²) in [7, 11) is 1.75. The SMILES string of the molecule is CO[C@H]1CCN(C(=O)c2cc(C)on2)C[C@H]1Cc1ccccc1. The molecule has 1 amide bonds. The minimum absolute atomic E-state index is 0.0607. The predicted octanol–water partition coefficient (Wildman–Crippen LogP) is 2.70. The highest BCUT2D eigenvalue weighted by Gasteiger charge is 2.32. The molecule has 1 aliphatic heterocycles. The van der Waals surface area contributed by atoms with Gasteiger partial charge in [0.05, 0.1) is 6.10 Å². The van der Waals surface area contributed by atoms with Crippen molar-refractivity contribution >= 4 is 5.91 Å². The highest BCUT2D eigenvalue weighted by Crippen LogP contribution is 2.24. The minimum Gasteiger partial charge on any atom is -0.381 e. The molecule has 0 N–H and O–H groups in total. The molecule has 1 aliphatic rings. The first kappa shape index (κ1) is 15.7. The molecule has 1 fully saturated rings. The number of rotatable bonds is 4. The van der Waals surface area contributed by atoms with Crippen LogP contribution in [0.15, 0.2) is 40.9 Å². The van der Waals surface area contributed by atoms with Gasteiger partial charge in [-0.3, -0.25) is 4.79 Å². The van der Waals surface area contributed by atoms with Crippen molar-refractivity contribution in [3.63, 3.8) is 0 Å². The van der Waals surface area contributed by atoms with E-state index < -0.39 is 0 Å². The topological polar surface area (TPSA) is 55.6 Å². The molecule has 122 valence electrons. The van der Waals surface area contributed by atoms with Gasteiger partial charge in [0, 0.05) is 32.2 Å². The van der Waals surface area contributed by atoms with Crippen LogP contribution >= 0.6 is 0 Å². The lowest BCUT2D eigenvalue weighted by atomic mass is 9.88. The molecule has 2 aromatic rings. The molecular formula is C18H22N2O3. The molecule has 0 aliphatic carbocycles. The second-order valence-electron chi connectivity index (χ2n) is 6.09. The smallest absolute Gasteiger partial charge is 0.276 e. The quantitative estimate of drug-likeness (QED) is 0.870. The number of hydrogen-bond donors (Lipinski definition) is 0. The number of methoxy groups -OCH3 is 1. The van der Waals surface area contributed by atoms with Crippen molar-refractivity contribution in [2.24, 2.45) is 5.92 Å². The molecule has 0 unspecified atom stereocenters. The van der Waals surface area contributed by atoms with Gasteiger partial charge < -0.3 is 14.2 Å². The third-order valence-corrected chi connectivity index (χ3v) is 4.44. The van der Waals surface area contributed by atoms with E-state index in [1.807, 2.05) is 23.1 Å². The van der Waals surface area contributed by atoms with Gasteiger partial charge in [-0.05, 0) is 25.3 Å². The lowest BCUT2D eigenvalue weighted by Gasteiger charge is -2.37. The van der Waals surface area contributed by atoms with Crippen molar-refractivity contribution in [3.05, 3.63) is 53.4 Å². The molecule has 1 aromatic carbocycles. The number of aryl methyl sites for hydroxylation is 1. The maximum atomic E-state index is 12.6. The molecule has 1 aromatic heterocycles. The van der Waals surface area contributed by atoms with E-state index in [1.165, 1.54) is 5.56 Å². The maximum absolute atomic E-state index is 12.6. The number of amides is 1. The van der Waals surface area contributed by atoms with Gasteiger partial charge in [0.1, 0.15) is 5.76 Å². The van der Waals surface area contributed by atoms with Crippen molar-refractivity contribution in [3.8, 4) is 0 Å². The number of nitrogens with zero attached hydrogens (tertiary/aromatic N) is 2. The molecule has 0 saturated carbocycles. The molecule has 5 nitrogen and oxygen atoms in total. The van der Waals surface area contributed by atoms with E-state index in [9.17, 15) is 4.79 Å². The second kappa shape index (κ2) is 6.96. The first-order valence-electron chi connectivity index (χ1n) is 7.96. The fourth-order valence-corrected chi connectivity index (χ4v) is 3.25. The summed E-state index contributed by atoms with van der Waals surface area (Å²) < 4.78 is 10.7. The van der Waals surface area contributed by atoms with Crippen LogP contribution in [0.25, 0.3) is 0 Å². The van der Waals surface area contributed by atoms with Crippen LogP contribution in [-0.4, -0.2) is 42.3 Å². The van der Waals surface area contributed by atoms with Crippen molar-refractivity contribution in [1.29, 1.82) is 0 Å². The Morgan fingerprint density at radius 2 is 2.17 bits per heavy atom. The summed E-state index contributed by atoms with van der Waals surface area (Å²) >= 11 is 0. The molecular weight excluding hydrogens is 292 g/mol. The number of aromatic nitrogens is 1. The summed E-state index contributed by atoms with van der Waals surface area (Å²) in [5.41, 5.74) is 1.66. The molecule has 2 atom stereocenters.